The maximum Gasteiger partial charge on any atom is 0.244 e. The minimum Gasteiger partial charge on any atom is -0.368 e. The zero-order chi connectivity index (χ0) is 17.9. The van der Waals surface area contributed by atoms with Crippen LogP contribution in [0.25, 0.3) is 0 Å². The zero-order valence-corrected chi connectivity index (χ0v) is 15.4. The second-order valence-corrected chi connectivity index (χ2v) is 8.23. The lowest BCUT2D eigenvalue weighted by Gasteiger charge is -2.31. The van der Waals surface area contributed by atoms with Crippen LogP contribution in [0.3, 0.4) is 0 Å². The summed E-state index contributed by atoms with van der Waals surface area (Å²) in [6, 6.07) is 3.32. The molecule has 2 aromatic rings. The lowest BCUT2D eigenvalue weighted by molar-refractivity contribution is 0.222. The Morgan fingerprint density at radius 3 is 2.52 bits per heavy atom. The Kier molecular flexibility index (Phi) is 5.36. The van der Waals surface area contributed by atoms with Gasteiger partial charge in [-0.1, -0.05) is 0 Å². The molecule has 8 nitrogen and oxygen atoms in total. The van der Waals surface area contributed by atoms with Gasteiger partial charge in [-0.25, -0.2) is 13.4 Å². The van der Waals surface area contributed by atoms with Crippen LogP contribution in [0.5, 0.6) is 0 Å². The summed E-state index contributed by atoms with van der Waals surface area (Å²) in [5.41, 5.74) is 1.12. The van der Waals surface area contributed by atoms with Crippen LogP contribution in [0, 0.1) is 6.92 Å². The topological polar surface area (TPSA) is 83.4 Å². The number of likely N-dealkylation sites (N-methyl/N-ethyl adjacent to an activating group) is 1. The number of hydrogen-bond donors (Lipinski definition) is 1. The number of sulfonamides is 1. The fourth-order valence-electron chi connectivity index (χ4n) is 2.70. The van der Waals surface area contributed by atoms with Gasteiger partial charge in [0, 0.05) is 45.1 Å². The summed E-state index contributed by atoms with van der Waals surface area (Å²) in [5, 5.41) is 7.40. The first kappa shape index (κ1) is 17.8. The maximum atomic E-state index is 12.6. The average molecular weight is 364 g/mol. The van der Waals surface area contributed by atoms with E-state index in [1.165, 1.54) is 10.5 Å². The predicted octanol–water partition coefficient (Wildman–Crippen LogP) is 0.635. The van der Waals surface area contributed by atoms with E-state index in [9.17, 15) is 8.42 Å². The largest absolute Gasteiger partial charge is 0.368 e. The van der Waals surface area contributed by atoms with Gasteiger partial charge in [0.25, 0.3) is 0 Å². The molecule has 3 heterocycles. The number of aromatic nitrogens is 3. The highest BCUT2D eigenvalue weighted by molar-refractivity contribution is 7.89. The monoisotopic (exact) mass is 364 g/mol. The van der Waals surface area contributed by atoms with E-state index in [0.717, 1.165) is 25.2 Å². The predicted molar refractivity (Wildman–Crippen MR) is 95.9 cm³/mol. The molecule has 1 saturated heterocycles. The number of hydrogen-bond acceptors (Lipinski definition) is 6. The highest BCUT2D eigenvalue weighted by Crippen LogP contribution is 2.17. The van der Waals surface area contributed by atoms with Crippen LogP contribution in [-0.4, -0.2) is 72.2 Å². The molecule has 0 amide bonds. The molecule has 0 aliphatic carbocycles. The average Bonchev–Trinajstić information content (AvgIpc) is 3.01. The molecule has 3 rings (SSSR count). The maximum absolute atomic E-state index is 12.6. The van der Waals surface area contributed by atoms with Crippen molar-refractivity contribution in [3.8, 4) is 0 Å². The highest BCUT2D eigenvalue weighted by atomic mass is 32.2. The second kappa shape index (κ2) is 7.51. The molecule has 25 heavy (non-hydrogen) atoms. The molecule has 1 aliphatic rings. The number of aryl methyl sites for hydroxylation is 1. The van der Waals surface area contributed by atoms with Gasteiger partial charge in [-0.15, -0.1) is 0 Å². The Morgan fingerprint density at radius 1 is 1.16 bits per heavy atom. The highest BCUT2D eigenvalue weighted by Gasteiger charge is 2.27. The molecule has 136 valence electrons. The van der Waals surface area contributed by atoms with Crippen molar-refractivity contribution < 1.29 is 8.42 Å². The third kappa shape index (κ3) is 4.36. The van der Waals surface area contributed by atoms with E-state index in [1.54, 1.807) is 12.1 Å². The molecule has 0 atom stereocenters. The molecule has 1 N–H and O–H groups in total. The van der Waals surface area contributed by atoms with Crippen molar-refractivity contribution in [1.29, 1.82) is 0 Å². The molecule has 0 radical (unpaired) electrons. The molecular formula is C16H24N6O2S. The van der Waals surface area contributed by atoms with E-state index < -0.39 is 10.0 Å². The van der Waals surface area contributed by atoms with Crippen molar-refractivity contribution in [3.05, 3.63) is 36.3 Å². The normalized spacial score (nSPS) is 16.9. The van der Waals surface area contributed by atoms with Gasteiger partial charge in [-0.3, -0.25) is 4.68 Å². The summed E-state index contributed by atoms with van der Waals surface area (Å²) in [6.07, 6.45) is 5.21. The minimum absolute atomic E-state index is 0.241. The molecule has 2 aromatic heterocycles. The first-order valence-electron chi connectivity index (χ1n) is 8.33. The van der Waals surface area contributed by atoms with Gasteiger partial charge in [0.2, 0.25) is 10.0 Å². The van der Waals surface area contributed by atoms with Gasteiger partial charge in [0.05, 0.1) is 12.7 Å². The van der Waals surface area contributed by atoms with E-state index in [2.05, 4.69) is 20.3 Å². The van der Waals surface area contributed by atoms with E-state index in [0.29, 0.717) is 25.5 Å². The first-order valence-corrected chi connectivity index (χ1v) is 9.77. The third-order valence-corrected chi connectivity index (χ3v) is 6.13. The van der Waals surface area contributed by atoms with Crippen molar-refractivity contribution in [1.82, 2.24) is 24.0 Å². The third-order valence-electron chi connectivity index (χ3n) is 4.25. The molecule has 1 fully saturated rings. The minimum atomic E-state index is -3.46. The van der Waals surface area contributed by atoms with Crippen molar-refractivity contribution >= 4 is 15.8 Å². The fraction of sp³-hybridized carbons (Fsp3) is 0.500. The van der Waals surface area contributed by atoms with Gasteiger partial charge >= 0.3 is 0 Å². The van der Waals surface area contributed by atoms with Gasteiger partial charge in [-0.05, 0) is 31.7 Å². The van der Waals surface area contributed by atoms with Crippen LogP contribution in [0.2, 0.25) is 0 Å². The van der Waals surface area contributed by atoms with Gasteiger partial charge in [0.1, 0.15) is 10.7 Å². The van der Waals surface area contributed by atoms with Crippen LogP contribution < -0.4 is 5.32 Å². The van der Waals surface area contributed by atoms with Crippen LogP contribution >= 0.6 is 0 Å². The number of anilines is 1. The summed E-state index contributed by atoms with van der Waals surface area (Å²) < 4.78 is 28.7. The van der Waals surface area contributed by atoms with E-state index in [4.69, 9.17) is 0 Å². The molecule has 1 aliphatic heterocycles. The van der Waals surface area contributed by atoms with Gasteiger partial charge in [-0.2, -0.15) is 9.40 Å². The van der Waals surface area contributed by atoms with Crippen LogP contribution in [-0.2, 0) is 16.6 Å². The van der Waals surface area contributed by atoms with Crippen molar-refractivity contribution in [3.63, 3.8) is 0 Å². The molecule has 0 spiro atoms. The van der Waals surface area contributed by atoms with E-state index in [-0.39, 0.29) is 4.90 Å². The van der Waals surface area contributed by atoms with Crippen LogP contribution in [0.15, 0.2) is 35.6 Å². The van der Waals surface area contributed by atoms with E-state index >= 15 is 0 Å². The lowest BCUT2D eigenvalue weighted by Crippen LogP contribution is -2.47. The van der Waals surface area contributed by atoms with Crippen molar-refractivity contribution in [2.75, 3.05) is 45.1 Å². The van der Waals surface area contributed by atoms with Crippen LogP contribution in [0.4, 0.5) is 5.82 Å². The second-order valence-electron chi connectivity index (χ2n) is 6.29. The summed E-state index contributed by atoms with van der Waals surface area (Å²) in [6.45, 7) is 5.91. The van der Waals surface area contributed by atoms with Crippen molar-refractivity contribution in [2.45, 2.75) is 18.4 Å². The standard InChI is InChI=1S/C16H24N6O2S/c1-14-11-19-21(13-14)6-5-17-16-4-3-15(12-18-16)25(23,24)22-9-7-20(2)8-10-22/h3-4,11-13H,5-10H2,1-2H3,(H,17,18). The molecule has 0 bridgehead atoms. The number of pyridine rings is 1. The summed E-state index contributed by atoms with van der Waals surface area (Å²) in [5.74, 6) is 0.654. The lowest BCUT2D eigenvalue weighted by atomic mass is 10.4. The Labute approximate surface area is 148 Å². The van der Waals surface area contributed by atoms with Gasteiger partial charge < -0.3 is 10.2 Å². The Hall–Kier alpha value is -1.97. The van der Waals surface area contributed by atoms with Crippen molar-refractivity contribution in [2.24, 2.45) is 0 Å². The molecule has 0 saturated carbocycles. The molecule has 9 heteroatoms. The number of piperazine rings is 1. The smallest absolute Gasteiger partial charge is 0.244 e. The number of rotatable bonds is 6. The molecule has 0 aromatic carbocycles. The Bertz CT molecular complexity index is 794. The first-order chi connectivity index (χ1) is 11.9. The number of nitrogens with one attached hydrogen (secondary N) is 1. The summed E-state index contributed by atoms with van der Waals surface area (Å²) in [4.78, 5) is 6.60. The quantitative estimate of drug-likeness (QED) is 0.810. The SMILES string of the molecule is Cc1cnn(CCNc2ccc(S(=O)(=O)N3CCN(C)CC3)cn2)c1. The number of nitrogens with zero attached hydrogens (tertiary/aromatic N) is 5. The van der Waals surface area contributed by atoms with Crippen LogP contribution in [0.1, 0.15) is 5.56 Å². The Balaban J connectivity index is 1.57. The molecular weight excluding hydrogens is 340 g/mol. The van der Waals surface area contributed by atoms with Gasteiger partial charge in [0.15, 0.2) is 0 Å². The Morgan fingerprint density at radius 2 is 1.92 bits per heavy atom. The zero-order valence-electron chi connectivity index (χ0n) is 14.6. The fourth-order valence-corrected chi connectivity index (χ4v) is 4.07. The molecule has 0 unspecified atom stereocenters. The van der Waals surface area contributed by atoms with E-state index in [1.807, 2.05) is 31.0 Å². The summed E-state index contributed by atoms with van der Waals surface area (Å²) in [7, 11) is -1.46. The summed E-state index contributed by atoms with van der Waals surface area (Å²) >= 11 is 0.